The highest BCUT2D eigenvalue weighted by atomic mass is 32.1. The maximum Gasteiger partial charge on any atom is 0.338 e. The lowest BCUT2D eigenvalue weighted by Gasteiger charge is -2.08. The number of hydrogen-bond donors (Lipinski definition) is 1. The van der Waals surface area contributed by atoms with Crippen molar-refractivity contribution >= 4 is 28.9 Å². The van der Waals surface area contributed by atoms with Gasteiger partial charge in [-0.2, -0.15) is 5.26 Å². The number of rotatable bonds is 5. The molecule has 0 spiro atoms. The summed E-state index contributed by atoms with van der Waals surface area (Å²) in [6.07, 6.45) is 0. The molecule has 0 radical (unpaired) electrons. The standard InChI is InChI=1S/C20H14N2O3S/c21-12-14-6-8-15(9-7-14)13-25-20(24)16-3-1-4-17(11-16)22-19(23)18-5-2-10-26-18/h1-11H,13H2,(H,22,23). The van der Waals surface area contributed by atoms with Crippen LogP contribution in [-0.2, 0) is 11.3 Å². The average Bonchev–Trinajstić information content (AvgIpc) is 3.22. The van der Waals surface area contributed by atoms with Gasteiger partial charge in [-0.25, -0.2) is 4.79 Å². The van der Waals surface area contributed by atoms with Gasteiger partial charge in [0.2, 0.25) is 0 Å². The van der Waals surface area contributed by atoms with Crippen LogP contribution in [0.25, 0.3) is 0 Å². The molecule has 1 aromatic heterocycles. The Bertz CT molecular complexity index is 957. The highest BCUT2D eigenvalue weighted by molar-refractivity contribution is 7.12. The van der Waals surface area contributed by atoms with Gasteiger partial charge in [-0.15, -0.1) is 11.3 Å². The Balaban J connectivity index is 1.62. The molecule has 26 heavy (non-hydrogen) atoms. The molecule has 3 rings (SSSR count). The van der Waals surface area contributed by atoms with E-state index in [0.717, 1.165) is 5.56 Å². The van der Waals surface area contributed by atoms with Gasteiger partial charge in [-0.05, 0) is 47.3 Å². The van der Waals surface area contributed by atoms with Gasteiger partial charge >= 0.3 is 5.97 Å². The van der Waals surface area contributed by atoms with Crippen LogP contribution in [0.4, 0.5) is 5.69 Å². The summed E-state index contributed by atoms with van der Waals surface area (Å²) in [6.45, 7) is 0.107. The summed E-state index contributed by atoms with van der Waals surface area (Å²) in [4.78, 5) is 24.9. The molecular formula is C20H14N2O3S. The predicted octanol–water partition coefficient (Wildman–Crippen LogP) is 4.23. The summed E-state index contributed by atoms with van der Waals surface area (Å²) in [5.41, 5.74) is 2.22. The summed E-state index contributed by atoms with van der Waals surface area (Å²) < 4.78 is 5.29. The molecule has 1 amide bonds. The zero-order valence-electron chi connectivity index (χ0n) is 13.6. The van der Waals surface area contributed by atoms with E-state index in [1.54, 1.807) is 60.7 Å². The zero-order valence-corrected chi connectivity index (χ0v) is 14.5. The van der Waals surface area contributed by atoms with Gasteiger partial charge < -0.3 is 10.1 Å². The molecule has 0 aliphatic rings. The number of nitrogens with zero attached hydrogens (tertiary/aromatic N) is 1. The van der Waals surface area contributed by atoms with Crippen LogP contribution >= 0.6 is 11.3 Å². The number of esters is 1. The van der Waals surface area contributed by atoms with Crippen molar-refractivity contribution in [1.82, 2.24) is 0 Å². The van der Waals surface area contributed by atoms with E-state index in [1.807, 2.05) is 11.4 Å². The third-order valence-electron chi connectivity index (χ3n) is 3.55. The Morgan fingerprint density at radius 2 is 1.88 bits per heavy atom. The van der Waals surface area contributed by atoms with Gasteiger partial charge in [-0.3, -0.25) is 4.79 Å². The molecule has 0 saturated carbocycles. The van der Waals surface area contributed by atoms with Crippen molar-refractivity contribution in [3.8, 4) is 6.07 Å². The van der Waals surface area contributed by atoms with E-state index in [0.29, 0.717) is 21.7 Å². The second kappa shape index (κ2) is 8.10. The van der Waals surface area contributed by atoms with Gasteiger partial charge in [0, 0.05) is 5.69 Å². The highest BCUT2D eigenvalue weighted by Gasteiger charge is 2.11. The molecule has 0 unspecified atom stereocenters. The van der Waals surface area contributed by atoms with Crippen LogP contribution in [-0.4, -0.2) is 11.9 Å². The molecule has 0 fully saturated rings. The number of thiophene rings is 1. The fourth-order valence-electron chi connectivity index (χ4n) is 2.23. The molecule has 0 bridgehead atoms. The summed E-state index contributed by atoms with van der Waals surface area (Å²) in [6, 6.07) is 19.0. The second-order valence-corrected chi connectivity index (χ2v) is 6.34. The maximum absolute atomic E-state index is 12.2. The van der Waals surface area contributed by atoms with E-state index >= 15 is 0 Å². The van der Waals surface area contributed by atoms with Gasteiger partial charge in [0.25, 0.3) is 5.91 Å². The zero-order chi connectivity index (χ0) is 18.4. The Morgan fingerprint density at radius 3 is 2.58 bits per heavy atom. The number of benzene rings is 2. The van der Waals surface area contributed by atoms with Crippen LogP contribution < -0.4 is 5.32 Å². The van der Waals surface area contributed by atoms with Crippen molar-refractivity contribution in [3.05, 3.63) is 87.6 Å². The smallest absolute Gasteiger partial charge is 0.338 e. The minimum Gasteiger partial charge on any atom is -0.457 e. The lowest BCUT2D eigenvalue weighted by Crippen LogP contribution is -2.11. The first kappa shape index (κ1) is 17.4. The first-order valence-corrected chi connectivity index (χ1v) is 8.65. The molecule has 0 aliphatic carbocycles. The summed E-state index contributed by atoms with van der Waals surface area (Å²) in [5.74, 6) is -0.704. The molecule has 0 atom stereocenters. The Kier molecular flexibility index (Phi) is 5.42. The van der Waals surface area contributed by atoms with Gasteiger partial charge in [0.15, 0.2) is 0 Å². The highest BCUT2D eigenvalue weighted by Crippen LogP contribution is 2.16. The van der Waals surface area contributed by atoms with Gasteiger partial charge in [-0.1, -0.05) is 24.3 Å². The SMILES string of the molecule is N#Cc1ccc(COC(=O)c2cccc(NC(=O)c3cccs3)c2)cc1. The molecule has 128 valence electrons. The molecule has 5 nitrogen and oxygen atoms in total. The lowest BCUT2D eigenvalue weighted by atomic mass is 10.1. The number of carbonyl (C=O) groups excluding carboxylic acids is 2. The van der Waals surface area contributed by atoms with Crippen LogP contribution in [0.1, 0.15) is 31.2 Å². The van der Waals surface area contributed by atoms with E-state index in [1.165, 1.54) is 11.3 Å². The molecule has 2 aromatic carbocycles. The largest absolute Gasteiger partial charge is 0.457 e. The van der Waals surface area contributed by atoms with Crippen molar-refractivity contribution in [1.29, 1.82) is 5.26 Å². The molecule has 1 N–H and O–H groups in total. The quantitative estimate of drug-likeness (QED) is 0.689. The Labute approximate surface area is 154 Å². The number of amides is 1. The van der Waals surface area contributed by atoms with Crippen LogP contribution in [0.5, 0.6) is 0 Å². The summed E-state index contributed by atoms with van der Waals surface area (Å²) in [7, 11) is 0. The topological polar surface area (TPSA) is 79.2 Å². The first-order chi connectivity index (χ1) is 12.7. The van der Waals surface area contributed by atoms with Crippen molar-refractivity contribution in [2.45, 2.75) is 6.61 Å². The number of hydrogen-bond acceptors (Lipinski definition) is 5. The molecule has 6 heteroatoms. The molecule has 0 saturated heterocycles. The number of nitrogens with one attached hydrogen (secondary N) is 1. The average molecular weight is 362 g/mol. The third-order valence-corrected chi connectivity index (χ3v) is 4.42. The fraction of sp³-hybridized carbons (Fsp3) is 0.0500. The first-order valence-electron chi connectivity index (χ1n) is 7.77. The maximum atomic E-state index is 12.2. The number of ether oxygens (including phenoxy) is 1. The monoisotopic (exact) mass is 362 g/mol. The Hall–Kier alpha value is -3.43. The van der Waals surface area contributed by atoms with Crippen LogP contribution in [0, 0.1) is 11.3 Å². The minimum atomic E-state index is -0.485. The molecule has 0 aliphatic heterocycles. The van der Waals surface area contributed by atoms with E-state index < -0.39 is 5.97 Å². The van der Waals surface area contributed by atoms with Crippen molar-refractivity contribution in [3.63, 3.8) is 0 Å². The number of anilines is 1. The summed E-state index contributed by atoms with van der Waals surface area (Å²) in [5, 5.41) is 13.4. The molecule has 1 heterocycles. The lowest BCUT2D eigenvalue weighted by molar-refractivity contribution is 0.0472. The van der Waals surface area contributed by atoms with Crippen molar-refractivity contribution in [2.75, 3.05) is 5.32 Å². The van der Waals surface area contributed by atoms with E-state index in [4.69, 9.17) is 10.00 Å². The number of carbonyl (C=O) groups is 2. The van der Waals surface area contributed by atoms with E-state index in [9.17, 15) is 9.59 Å². The van der Waals surface area contributed by atoms with Crippen LogP contribution in [0.3, 0.4) is 0 Å². The van der Waals surface area contributed by atoms with Crippen molar-refractivity contribution < 1.29 is 14.3 Å². The second-order valence-electron chi connectivity index (χ2n) is 5.40. The third kappa shape index (κ3) is 4.35. The van der Waals surface area contributed by atoms with Crippen LogP contribution in [0.15, 0.2) is 66.0 Å². The van der Waals surface area contributed by atoms with E-state index in [2.05, 4.69) is 5.32 Å². The normalized spacial score (nSPS) is 9.96. The molecule has 3 aromatic rings. The summed E-state index contributed by atoms with van der Waals surface area (Å²) >= 11 is 1.35. The van der Waals surface area contributed by atoms with Crippen LogP contribution in [0.2, 0.25) is 0 Å². The predicted molar refractivity (Wildman–Crippen MR) is 99.0 cm³/mol. The van der Waals surface area contributed by atoms with E-state index in [-0.39, 0.29) is 12.5 Å². The Morgan fingerprint density at radius 1 is 1.08 bits per heavy atom. The minimum absolute atomic E-state index is 0.107. The molecular weight excluding hydrogens is 348 g/mol. The van der Waals surface area contributed by atoms with Gasteiger partial charge in [0.1, 0.15) is 6.61 Å². The fourth-order valence-corrected chi connectivity index (χ4v) is 2.85. The van der Waals surface area contributed by atoms with Gasteiger partial charge in [0.05, 0.1) is 22.1 Å². The van der Waals surface area contributed by atoms with Crippen molar-refractivity contribution in [2.24, 2.45) is 0 Å². The number of nitriles is 1.